The summed E-state index contributed by atoms with van der Waals surface area (Å²) in [7, 11) is 1.78. The van der Waals surface area contributed by atoms with Gasteiger partial charge in [-0.1, -0.05) is 24.3 Å². The van der Waals surface area contributed by atoms with Gasteiger partial charge in [-0.2, -0.15) is 0 Å². The first-order valence-electron chi connectivity index (χ1n) is 12.4. The molecule has 34 heavy (non-hydrogen) atoms. The molecule has 3 aliphatic rings. The predicted octanol–water partition coefficient (Wildman–Crippen LogP) is 5.42. The standard InChI is InChI=1S/C27H35FN4O2/c1-19-6-4-5-7-21(19)22-10-14-29-24(31-15-13-26(2,28)16-31)23(22)30-25(33)32-17-27(18-32)11-8-20(34-3)9-12-27/h4-7,10,14,20H,8-9,11-13,15-18H2,1-3H3,(H,30,33). The quantitative estimate of drug-likeness (QED) is 0.654. The number of alkyl halides is 1. The van der Waals surface area contributed by atoms with Gasteiger partial charge in [-0.25, -0.2) is 14.2 Å². The molecule has 1 atom stereocenters. The number of hydrogen-bond acceptors (Lipinski definition) is 4. The van der Waals surface area contributed by atoms with Crippen LogP contribution in [0.3, 0.4) is 0 Å². The number of carbonyl (C=O) groups is 1. The molecule has 0 bridgehead atoms. The van der Waals surface area contributed by atoms with E-state index in [1.807, 2.05) is 28.0 Å². The van der Waals surface area contributed by atoms with Crippen LogP contribution in [-0.4, -0.2) is 61.0 Å². The molecule has 1 spiro atoms. The minimum absolute atomic E-state index is 0.106. The number of aryl methyl sites for hydroxylation is 1. The topological polar surface area (TPSA) is 57.7 Å². The van der Waals surface area contributed by atoms with Crippen molar-refractivity contribution >= 4 is 17.5 Å². The van der Waals surface area contributed by atoms with E-state index in [1.165, 1.54) is 0 Å². The van der Waals surface area contributed by atoms with Crippen LogP contribution in [0, 0.1) is 12.3 Å². The maximum Gasteiger partial charge on any atom is 0.322 e. The summed E-state index contributed by atoms with van der Waals surface area (Å²) in [4.78, 5) is 21.8. The summed E-state index contributed by atoms with van der Waals surface area (Å²) in [6.07, 6.45) is 6.89. The van der Waals surface area contributed by atoms with Crippen molar-refractivity contribution in [2.75, 3.05) is 43.5 Å². The highest BCUT2D eigenvalue weighted by molar-refractivity contribution is 5.99. The first-order chi connectivity index (χ1) is 16.3. The van der Waals surface area contributed by atoms with E-state index in [1.54, 1.807) is 20.2 Å². The van der Waals surface area contributed by atoms with Gasteiger partial charge in [0.25, 0.3) is 0 Å². The van der Waals surface area contributed by atoms with Gasteiger partial charge in [0.1, 0.15) is 5.67 Å². The molecule has 1 N–H and O–H groups in total. The van der Waals surface area contributed by atoms with E-state index < -0.39 is 5.67 Å². The maximum atomic E-state index is 14.7. The monoisotopic (exact) mass is 466 g/mol. The lowest BCUT2D eigenvalue weighted by atomic mass is 9.68. The zero-order chi connectivity index (χ0) is 23.9. The Kier molecular flexibility index (Phi) is 6.00. The molecule has 1 aromatic carbocycles. The summed E-state index contributed by atoms with van der Waals surface area (Å²) < 4.78 is 20.2. The number of aromatic nitrogens is 1. The number of nitrogens with one attached hydrogen (secondary N) is 1. The third-order valence-corrected chi connectivity index (χ3v) is 7.99. The second-order valence-corrected chi connectivity index (χ2v) is 10.7. The van der Waals surface area contributed by atoms with E-state index in [2.05, 4.69) is 29.4 Å². The molecule has 5 rings (SSSR count). The zero-order valence-electron chi connectivity index (χ0n) is 20.4. The van der Waals surface area contributed by atoms with Crippen LogP contribution >= 0.6 is 0 Å². The third-order valence-electron chi connectivity index (χ3n) is 7.99. The van der Waals surface area contributed by atoms with Crippen molar-refractivity contribution in [3.8, 4) is 11.1 Å². The van der Waals surface area contributed by atoms with Crippen LogP contribution in [-0.2, 0) is 4.74 Å². The van der Waals surface area contributed by atoms with Gasteiger partial charge in [0.2, 0.25) is 0 Å². The number of hydrogen-bond donors (Lipinski definition) is 1. The number of rotatable bonds is 4. The lowest BCUT2D eigenvalue weighted by Gasteiger charge is -2.53. The van der Waals surface area contributed by atoms with Crippen molar-refractivity contribution in [3.63, 3.8) is 0 Å². The molecule has 2 amide bonds. The highest BCUT2D eigenvalue weighted by atomic mass is 19.1. The van der Waals surface area contributed by atoms with E-state index in [9.17, 15) is 9.18 Å². The molecule has 3 fully saturated rings. The summed E-state index contributed by atoms with van der Waals surface area (Å²) in [5.74, 6) is 0.645. The lowest BCUT2D eigenvalue weighted by molar-refractivity contribution is -0.0399. The molecule has 1 unspecified atom stereocenters. The third kappa shape index (κ3) is 4.38. The lowest BCUT2D eigenvalue weighted by Crippen LogP contribution is -2.60. The fraction of sp³-hybridized carbons (Fsp3) is 0.556. The largest absolute Gasteiger partial charge is 0.381 e. The second-order valence-electron chi connectivity index (χ2n) is 10.7. The normalized spacial score (nSPS) is 24.4. The molecule has 0 radical (unpaired) electrons. The number of anilines is 2. The molecule has 1 aliphatic carbocycles. The zero-order valence-corrected chi connectivity index (χ0v) is 20.4. The molecule has 6 nitrogen and oxygen atoms in total. The fourth-order valence-corrected chi connectivity index (χ4v) is 5.87. The number of likely N-dealkylation sites (tertiary alicyclic amines) is 1. The van der Waals surface area contributed by atoms with E-state index in [-0.39, 0.29) is 18.0 Å². The van der Waals surface area contributed by atoms with E-state index in [4.69, 9.17) is 4.74 Å². The number of halogens is 1. The highest BCUT2D eigenvalue weighted by Gasteiger charge is 2.47. The van der Waals surface area contributed by atoms with Gasteiger partial charge in [-0.3, -0.25) is 0 Å². The Bertz CT molecular complexity index is 1060. The molecular weight excluding hydrogens is 431 g/mol. The smallest absolute Gasteiger partial charge is 0.322 e. The van der Waals surface area contributed by atoms with Crippen LogP contribution in [0.1, 0.15) is 44.6 Å². The van der Waals surface area contributed by atoms with E-state index in [0.717, 1.165) is 55.5 Å². The van der Waals surface area contributed by atoms with Gasteiger partial charge in [0, 0.05) is 50.3 Å². The van der Waals surface area contributed by atoms with Gasteiger partial charge in [-0.15, -0.1) is 0 Å². The van der Waals surface area contributed by atoms with Crippen LogP contribution in [0.15, 0.2) is 36.5 Å². The molecule has 1 aromatic heterocycles. The number of amides is 2. The Morgan fingerprint density at radius 3 is 2.50 bits per heavy atom. The minimum atomic E-state index is -1.26. The summed E-state index contributed by atoms with van der Waals surface area (Å²) in [5.41, 5.74) is 2.72. The average Bonchev–Trinajstić information content (AvgIpc) is 3.17. The molecule has 3 heterocycles. The summed E-state index contributed by atoms with van der Waals surface area (Å²) in [5, 5.41) is 3.19. The van der Waals surface area contributed by atoms with Gasteiger partial charge in [0.15, 0.2) is 5.82 Å². The van der Waals surface area contributed by atoms with Crippen LogP contribution < -0.4 is 10.2 Å². The second kappa shape index (κ2) is 8.84. The Morgan fingerprint density at radius 2 is 1.85 bits per heavy atom. The summed E-state index contributed by atoms with van der Waals surface area (Å²) in [6, 6.07) is 9.95. The number of nitrogens with zero attached hydrogens (tertiary/aromatic N) is 3. The van der Waals surface area contributed by atoms with Gasteiger partial charge < -0.3 is 19.9 Å². The van der Waals surface area contributed by atoms with Crippen molar-refractivity contribution in [1.29, 1.82) is 0 Å². The van der Waals surface area contributed by atoms with Crippen LogP contribution in [0.25, 0.3) is 11.1 Å². The number of carbonyl (C=O) groups excluding carboxylic acids is 1. The minimum Gasteiger partial charge on any atom is -0.381 e. The van der Waals surface area contributed by atoms with Crippen LogP contribution in [0.4, 0.5) is 20.7 Å². The van der Waals surface area contributed by atoms with Crippen LogP contribution in [0.2, 0.25) is 0 Å². The van der Waals surface area contributed by atoms with E-state index in [0.29, 0.717) is 30.6 Å². The molecule has 7 heteroatoms. The molecule has 2 saturated heterocycles. The number of benzene rings is 1. The Labute approximate surface area is 201 Å². The molecule has 182 valence electrons. The SMILES string of the molecule is COC1CCC2(CC1)CN(C(=O)Nc1c(-c3ccccc3C)ccnc1N1CCC(C)(F)C1)C2. The highest BCUT2D eigenvalue weighted by Crippen LogP contribution is 2.45. The van der Waals surface area contributed by atoms with Crippen molar-refractivity contribution < 1.29 is 13.9 Å². The predicted molar refractivity (Wildman–Crippen MR) is 133 cm³/mol. The summed E-state index contributed by atoms with van der Waals surface area (Å²) >= 11 is 0. The molecule has 2 aromatic rings. The van der Waals surface area contributed by atoms with Gasteiger partial charge in [0.05, 0.1) is 18.3 Å². The maximum absolute atomic E-state index is 14.7. The Morgan fingerprint density at radius 1 is 1.12 bits per heavy atom. The van der Waals surface area contributed by atoms with Gasteiger partial charge >= 0.3 is 6.03 Å². The van der Waals surface area contributed by atoms with Crippen molar-refractivity contribution in [2.45, 2.75) is 57.7 Å². The molecule has 2 aliphatic heterocycles. The van der Waals surface area contributed by atoms with Crippen molar-refractivity contribution in [1.82, 2.24) is 9.88 Å². The number of urea groups is 1. The van der Waals surface area contributed by atoms with Crippen molar-refractivity contribution in [3.05, 3.63) is 42.1 Å². The van der Waals surface area contributed by atoms with Gasteiger partial charge in [-0.05, 0) is 56.7 Å². The fourth-order valence-electron chi connectivity index (χ4n) is 5.87. The number of pyridine rings is 1. The Balaban J connectivity index is 1.40. The molecule has 1 saturated carbocycles. The molecular formula is C27H35FN4O2. The Hall–Kier alpha value is -2.67. The van der Waals surface area contributed by atoms with Crippen LogP contribution in [0.5, 0.6) is 0 Å². The first-order valence-corrected chi connectivity index (χ1v) is 12.4. The average molecular weight is 467 g/mol. The first kappa shape index (κ1) is 23.1. The van der Waals surface area contributed by atoms with E-state index >= 15 is 0 Å². The number of methoxy groups -OCH3 is 1. The summed E-state index contributed by atoms with van der Waals surface area (Å²) in [6.45, 7) is 6.09. The number of ether oxygens (including phenoxy) is 1. The van der Waals surface area contributed by atoms with Crippen molar-refractivity contribution in [2.24, 2.45) is 5.41 Å².